The van der Waals surface area contributed by atoms with Crippen LogP contribution in [0.4, 0.5) is 17.6 Å². The topological polar surface area (TPSA) is 116 Å². The number of aliphatic hydroxyl groups is 2. The molecule has 0 fully saturated rings. The molecule has 0 aromatic heterocycles. The zero-order valence-electron chi connectivity index (χ0n) is 20.7. The number of carbonyl (C=O) groups excluding carboxylic acids is 1. The maximum atomic E-state index is 14.1. The first-order chi connectivity index (χ1) is 17.5. The number of ether oxygens (including phenoxy) is 1. The minimum atomic E-state index is -1.40. The lowest BCUT2D eigenvalue weighted by molar-refractivity contribution is -0.137. The van der Waals surface area contributed by atoms with Gasteiger partial charge in [0, 0.05) is 25.5 Å². The van der Waals surface area contributed by atoms with Gasteiger partial charge in [-0.2, -0.15) is 0 Å². The second-order valence-corrected chi connectivity index (χ2v) is 10.9. The van der Waals surface area contributed by atoms with Crippen molar-refractivity contribution in [2.75, 3.05) is 13.2 Å². The largest absolute Gasteiger partial charge is 0.506 e. The smallest absolute Gasteiger partial charge is 0.343 e. The van der Waals surface area contributed by atoms with Crippen LogP contribution in [0.1, 0.15) is 43.6 Å². The van der Waals surface area contributed by atoms with Crippen LogP contribution in [0.5, 0.6) is 0 Å². The van der Waals surface area contributed by atoms with Gasteiger partial charge in [-0.15, -0.1) is 0 Å². The highest BCUT2D eigenvalue weighted by molar-refractivity contribution is 14.1. The van der Waals surface area contributed by atoms with Gasteiger partial charge in [-0.05, 0) is 69.7 Å². The summed E-state index contributed by atoms with van der Waals surface area (Å²) in [7, 11) is 0. The Morgan fingerprint density at radius 2 is 1.42 bits per heavy atom. The van der Waals surface area contributed by atoms with Crippen molar-refractivity contribution in [3.8, 4) is 0 Å². The predicted octanol–water partition coefficient (Wildman–Crippen LogP) is 6.15. The molecule has 0 spiro atoms. The van der Waals surface area contributed by atoms with Gasteiger partial charge in [-0.25, -0.2) is 27.2 Å². The van der Waals surface area contributed by atoms with Crippen LogP contribution in [0, 0.1) is 35.8 Å². The quantitative estimate of drug-likeness (QED) is 0.0593. The maximum Gasteiger partial charge on any atom is 0.343 e. The molecule has 2 aromatic rings. The number of carboxylic acids is 1. The molecule has 1 atom stereocenters. The van der Waals surface area contributed by atoms with Crippen LogP contribution < -0.4 is 0 Å². The average molecular weight is 765 g/mol. The second kappa shape index (κ2) is 14.8. The SMILES string of the molecule is CCOC(=O)C(C=N[C@H](CO)C(C)(C)C)=C(O)c1cc(I)c(F)cc1F.O=C(O)c1cc(I)c(F)cc1F. The molecule has 0 amide bonds. The highest BCUT2D eigenvalue weighted by atomic mass is 127. The van der Waals surface area contributed by atoms with Crippen LogP contribution in [0.3, 0.4) is 0 Å². The van der Waals surface area contributed by atoms with Crippen LogP contribution in [-0.2, 0) is 9.53 Å². The van der Waals surface area contributed by atoms with Crippen molar-refractivity contribution >= 4 is 69.1 Å². The van der Waals surface area contributed by atoms with Gasteiger partial charge >= 0.3 is 11.9 Å². The minimum absolute atomic E-state index is 0.0373. The lowest BCUT2D eigenvalue weighted by Gasteiger charge is -2.25. The third kappa shape index (κ3) is 9.48. The molecule has 0 saturated heterocycles. The number of carboxylic acid groups (broad SMARTS) is 1. The van der Waals surface area contributed by atoms with E-state index < -0.39 is 58.0 Å². The second-order valence-electron chi connectivity index (χ2n) is 8.62. The minimum Gasteiger partial charge on any atom is -0.506 e. The molecule has 0 unspecified atom stereocenters. The van der Waals surface area contributed by atoms with E-state index >= 15 is 0 Å². The fourth-order valence-corrected chi connectivity index (χ4v) is 3.60. The molecule has 0 bridgehead atoms. The Hall–Kier alpha value is -2.27. The van der Waals surface area contributed by atoms with Crippen molar-refractivity contribution in [2.45, 2.75) is 33.7 Å². The summed E-state index contributed by atoms with van der Waals surface area (Å²) in [5, 5.41) is 28.3. The molecule has 7 nitrogen and oxygen atoms in total. The normalized spacial score (nSPS) is 12.9. The molecule has 0 radical (unpaired) electrons. The van der Waals surface area contributed by atoms with Gasteiger partial charge < -0.3 is 20.1 Å². The molecular formula is C25H25F4I2NO6. The molecule has 208 valence electrons. The Balaban J connectivity index is 0.000000499. The van der Waals surface area contributed by atoms with E-state index in [-0.39, 0.29) is 31.5 Å². The molecule has 2 aromatic carbocycles. The Kier molecular flexibility index (Phi) is 13.1. The summed E-state index contributed by atoms with van der Waals surface area (Å²) in [6, 6.07) is 2.66. The average Bonchev–Trinajstić information content (AvgIpc) is 2.80. The number of hydrogen-bond donors (Lipinski definition) is 3. The van der Waals surface area contributed by atoms with Gasteiger partial charge in [0.05, 0.1) is 30.4 Å². The molecule has 0 saturated carbocycles. The molecule has 0 aliphatic rings. The Bertz CT molecular complexity index is 1250. The first-order valence-electron chi connectivity index (χ1n) is 10.8. The Morgan fingerprint density at radius 3 is 1.84 bits per heavy atom. The number of nitrogens with zero attached hydrogens (tertiary/aromatic N) is 1. The van der Waals surface area contributed by atoms with Crippen molar-refractivity contribution in [2.24, 2.45) is 10.4 Å². The monoisotopic (exact) mass is 765 g/mol. The molecule has 38 heavy (non-hydrogen) atoms. The van der Waals surface area contributed by atoms with Crippen LogP contribution in [0.15, 0.2) is 34.8 Å². The summed E-state index contributed by atoms with van der Waals surface area (Å²) in [4.78, 5) is 26.6. The summed E-state index contributed by atoms with van der Waals surface area (Å²) >= 11 is 3.24. The van der Waals surface area contributed by atoms with E-state index in [1.165, 1.54) is 0 Å². The lowest BCUT2D eigenvalue weighted by Crippen LogP contribution is -2.28. The van der Waals surface area contributed by atoms with E-state index in [1.807, 2.05) is 20.8 Å². The van der Waals surface area contributed by atoms with Crippen molar-refractivity contribution in [3.05, 3.63) is 71.4 Å². The van der Waals surface area contributed by atoms with E-state index in [0.717, 1.165) is 18.3 Å². The number of benzene rings is 2. The maximum absolute atomic E-state index is 14.1. The van der Waals surface area contributed by atoms with Gasteiger partial charge in [0.2, 0.25) is 0 Å². The molecule has 2 rings (SSSR count). The van der Waals surface area contributed by atoms with Gasteiger partial charge in [-0.1, -0.05) is 20.8 Å². The standard InChI is InChI=1S/C18H22F2INO4.C7H3F2IO2/c1-5-26-17(25)11(8-22-15(9-23)18(2,3)4)16(24)10-6-14(21)13(20)7-12(10)19;8-4-2-5(9)6(10)1-3(4)7(11)12/h6-8,15,23-24H,5,9H2,1-4H3;1-2H,(H,11,12)/t15-;/m1./s1. The van der Waals surface area contributed by atoms with Crippen LogP contribution in [0.2, 0.25) is 0 Å². The predicted molar refractivity (Wildman–Crippen MR) is 150 cm³/mol. The summed E-state index contributed by atoms with van der Waals surface area (Å²) in [6.45, 7) is 6.88. The Morgan fingerprint density at radius 1 is 0.947 bits per heavy atom. The number of rotatable bonds is 7. The first-order valence-corrected chi connectivity index (χ1v) is 13.0. The van der Waals surface area contributed by atoms with E-state index in [9.17, 15) is 37.4 Å². The number of aliphatic imine (C=N–C) groups is 1. The number of aliphatic hydroxyl groups excluding tert-OH is 2. The van der Waals surface area contributed by atoms with Crippen molar-refractivity contribution < 1.29 is 47.2 Å². The van der Waals surface area contributed by atoms with Crippen LogP contribution in [-0.4, -0.2) is 52.7 Å². The summed E-state index contributed by atoms with van der Waals surface area (Å²) in [5.41, 5.74) is -1.64. The van der Waals surface area contributed by atoms with Crippen molar-refractivity contribution in [3.63, 3.8) is 0 Å². The fraction of sp³-hybridized carbons (Fsp3) is 0.320. The molecule has 0 aliphatic carbocycles. The van der Waals surface area contributed by atoms with Crippen LogP contribution >= 0.6 is 45.2 Å². The molecule has 13 heteroatoms. The summed E-state index contributed by atoms with van der Waals surface area (Å²) < 4.78 is 57.8. The zero-order chi connectivity index (χ0) is 29.4. The van der Waals surface area contributed by atoms with Gasteiger partial charge in [0.25, 0.3) is 0 Å². The molecule has 3 N–H and O–H groups in total. The zero-order valence-corrected chi connectivity index (χ0v) is 25.0. The van der Waals surface area contributed by atoms with Crippen LogP contribution in [0.25, 0.3) is 5.76 Å². The van der Waals surface area contributed by atoms with Gasteiger partial charge in [0.15, 0.2) is 0 Å². The van der Waals surface area contributed by atoms with Gasteiger partial charge in [-0.3, -0.25) is 4.99 Å². The summed E-state index contributed by atoms with van der Waals surface area (Å²) in [5.74, 6) is -6.63. The number of carbonyl (C=O) groups is 2. The molecule has 0 heterocycles. The lowest BCUT2D eigenvalue weighted by atomic mass is 9.88. The van der Waals surface area contributed by atoms with Crippen molar-refractivity contribution in [1.29, 1.82) is 0 Å². The Labute approximate surface area is 243 Å². The van der Waals surface area contributed by atoms with E-state index in [4.69, 9.17) is 9.84 Å². The van der Waals surface area contributed by atoms with Crippen molar-refractivity contribution in [1.82, 2.24) is 0 Å². The third-order valence-electron chi connectivity index (χ3n) is 4.81. The molecule has 0 aliphatic heterocycles. The number of aromatic carboxylic acids is 1. The van der Waals surface area contributed by atoms with E-state index in [0.29, 0.717) is 12.1 Å². The van der Waals surface area contributed by atoms with E-state index in [1.54, 1.807) is 52.1 Å². The highest BCUT2D eigenvalue weighted by Crippen LogP contribution is 2.26. The number of halogens is 6. The summed E-state index contributed by atoms with van der Waals surface area (Å²) in [6.07, 6.45) is 1.05. The number of esters is 1. The fourth-order valence-electron chi connectivity index (χ4n) is 2.66. The number of hydrogen-bond acceptors (Lipinski definition) is 6. The first kappa shape index (κ1) is 33.8. The third-order valence-corrected chi connectivity index (χ3v) is 6.47. The van der Waals surface area contributed by atoms with Gasteiger partial charge in [0.1, 0.15) is 34.6 Å². The molecular weight excluding hydrogens is 740 g/mol. The van der Waals surface area contributed by atoms with E-state index in [2.05, 4.69) is 4.99 Å². The highest BCUT2D eigenvalue weighted by Gasteiger charge is 2.25.